The smallest absolute Gasteiger partial charge is 0.226 e. The van der Waals surface area contributed by atoms with E-state index in [-0.39, 0.29) is 71.2 Å². The molecule has 13 aliphatic rings. The lowest BCUT2D eigenvalue weighted by Crippen LogP contribution is -2.72. The Balaban J connectivity index is 0.984. The van der Waals surface area contributed by atoms with Gasteiger partial charge in [-0.2, -0.15) is 0 Å². The Labute approximate surface area is 484 Å². The molecule has 6 aliphatic carbocycles. The SMILES string of the molecule is CCc1c2cc3[nH]c2cn1-c1c2c(cc4c(=O)cc(C)oc14)C[C@H]1OO[C@@]4([C@@](O)(Cc5ccc(O)c6ccc(O)cc56)[C@@H](O)[C@H](O)[C@H](O)CO)C=CC5=C(CC4)[C@@H]4[C@@H]6C(=C[C@H]([C@H]5NC)[C@@]41O2)CC[C@H]1[C@@]2(C=C[C@@H]3CC2)CCC[C@]12C(=O)NC[C@H]62. The van der Waals surface area contributed by atoms with E-state index in [1.54, 1.807) is 25.1 Å². The highest BCUT2D eigenvalue weighted by Crippen LogP contribution is 2.71. The number of aromatic hydroxyl groups is 2. The average molecular weight is 1140 g/mol. The summed E-state index contributed by atoms with van der Waals surface area (Å²) in [7, 11) is 1.94. The molecule has 84 heavy (non-hydrogen) atoms. The molecule has 438 valence electrons. The van der Waals surface area contributed by atoms with Gasteiger partial charge < -0.3 is 65.1 Å². The number of hydrogen-bond acceptors (Lipinski definition) is 14. The standard InChI is InChI=1S/C67H72N4O13/c1-4-48-42-27-46-33-12-18-63(19-13-33)16-5-17-65-45(29-69-62(65)79)54-34(7-11-52(63)65)24-44-56(68-3)40-15-21-64(66(80,61(78)58(77)51(76)31-72)28-35-6-10-49(74)38-9-8-37(73)26-41(35)38)20-14-39(40)55(54)67(44)53(83-84-64)25-36-23-43-50(75)22-32(2)81-60(43)57(59(36)82-67)71(48)30-47(42)70-46/h6,8-10,12,15,18,21-24,26-27,30,33,44-45,51-56,58,61,68,70,72-74,76-78,80H,4-5,7,11,13-14,16-17,19-20,25,28-29,31H2,1-3H3,(H,69,79)/t33-,44-,45-,51-,52+,53-,54-,55-,56+,58-,61+,63-,64-,65-,66-,67+/m1/s1. The summed E-state index contributed by atoms with van der Waals surface area (Å²) < 4.78 is 17.3. The highest BCUT2D eigenvalue weighted by Gasteiger charge is 2.74. The van der Waals surface area contributed by atoms with Crippen LogP contribution in [0.25, 0.3) is 38.3 Å². The molecule has 2 saturated carbocycles. The molecule has 6 aromatic rings. The number of aryl methyl sites for hydroxylation is 2. The Morgan fingerprint density at radius 2 is 1.81 bits per heavy atom. The van der Waals surface area contributed by atoms with E-state index in [1.165, 1.54) is 29.8 Å². The van der Waals surface area contributed by atoms with Crippen LogP contribution in [-0.2, 0) is 33.8 Å². The van der Waals surface area contributed by atoms with Crippen molar-refractivity contribution in [3.05, 3.63) is 140 Å². The lowest BCUT2D eigenvalue weighted by atomic mass is 9.45. The third-order valence-electron chi connectivity index (χ3n) is 23.1. The normalized spacial score (nSPS) is 34.9. The maximum Gasteiger partial charge on any atom is 0.226 e. The number of fused-ring (bicyclic) bond motifs is 4. The lowest BCUT2D eigenvalue weighted by molar-refractivity contribution is -0.429. The van der Waals surface area contributed by atoms with Crippen LogP contribution in [-0.4, -0.2) is 119 Å². The second-order valence-electron chi connectivity index (χ2n) is 26.5. The van der Waals surface area contributed by atoms with Gasteiger partial charge >= 0.3 is 0 Å². The molecule has 16 atom stereocenters. The van der Waals surface area contributed by atoms with E-state index in [1.807, 2.05) is 19.2 Å². The molecule has 17 heteroatoms. The number of H-pyrrole nitrogens is 1. The van der Waals surface area contributed by atoms with Gasteiger partial charge in [-0.15, -0.1) is 0 Å². The number of allylic oxidation sites excluding steroid dienone is 3. The van der Waals surface area contributed by atoms with E-state index in [0.717, 1.165) is 78.4 Å². The Morgan fingerprint density at radius 1 is 0.952 bits per heavy atom. The minimum absolute atomic E-state index is 0.0486. The van der Waals surface area contributed by atoms with Gasteiger partial charge in [-0.3, -0.25) is 9.59 Å². The van der Waals surface area contributed by atoms with Crippen molar-refractivity contribution < 1.29 is 59.5 Å². The number of phenols is 2. The van der Waals surface area contributed by atoms with Crippen molar-refractivity contribution in [2.45, 2.75) is 144 Å². The van der Waals surface area contributed by atoms with Crippen LogP contribution < -0.4 is 20.8 Å². The number of phenolic OH excluding ortho intramolecular Hbond substituents is 2. The fourth-order valence-electron chi connectivity index (χ4n) is 19.5. The van der Waals surface area contributed by atoms with Crippen molar-refractivity contribution >= 4 is 38.6 Å². The topological polar surface area (TPSA) is 261 Å². The molecular formula is C67H72N4O13. The summed E-state index contributed by atoms with van der Waals surface area (Å²) in [6.07, 6.45) is 12.5. The number of carbonyl (C=O) groups excluding carboxylic acids is 1. The van der Waals surface area contributed by atoms with Crippen LogP contribution in [0.4, 0.5) is 0 Å². The average Bonchev–Trinajstić information content (AvgIpc) is 1.67. The molecule has 7 aliphatic heterocycles. The molecule has 19 rings (SSSR count). The number of likely N-dealkylation sites (N-methyl/N-ethyl adjacent to an activating group) is 1. The predicted molar refractivity (Wildman–Crippen MR) is 310 cm³/mol. The van der Waals surface area contributed by atoms with Crippen LogP contribution in [0.1, 0.15) is 98.9 Å². The van der Waals surface area contributed by atoms with Gasteiger partial charge in [-0.25, -0.2) is 9.78 Å². The molecule has 1 amide bonds. The minimum Gasteiger partial charge on any atom is -0.508 e. The molecule has 10 N–H and O–H groups in total. The van der Waals surface area contributed by atoms with Gasteiger partial charge in [0, 0.05) is 83.2 Å². The first-order chi connectivity index (χ1) is 40.5. The van der Waals surface area contributed by atoms with E-state index < -0.39 is 77.5 Å². The first kappa shape index (κ1) is 53.0. The van der Waals surface area contributed by atoms with Gasteiger partial charge in [0.1, 0.15) is 53.0 Å². The van der Waals surface area contributed by atoms with Crippen LogP contribution >= 0.6 is 0 Å². The molecule has 0 radical (unpaired) electrons. The summed E-state index contributed by atoms with van der Waals surface area (Å²) in [6, 6.07) is 12.6. The summed E-state index contributed by atoms with van der Waals surface area (Å²) in [5.41, 5.74) is 1.09. The molecule has 3 aromatic heterocycles. The van der Waals surface area contributed by atoms with Gasteiger partial charge in [0.25, 0.3) is 0 Å². The fraction of sp³-hybridized carbons (Fsp3) is 0.493. The van der Waals surface area contributed by atoms with Crippen molar-refractivity contribution in [3.8, 4) is 22.9 Å². The van der Waals surface area contributed by atoms with Gasteiger partial charge in [0.05, 0.1) is 22.9 Å². The summed E-state index contributed by atoms with van der Waals surface area (Å²) in [4.78, 5) is 48.4. The zero-order valence-corrected chi connectivity index (χ0v) is 47.4. The van der Waals surface area contributed by atoms with Crippen LogP contribution in [0.5, 0.6) is 17.2 Å². The van der Waals surface area contributed by atoms with Gasteiger partial charge in [0.15, 0.2) is 28.0 Å². The predicted octanol–water partition coefficient (Wildman–Crippen LogP) is 7.09. The number of aliphatic hydroxyl groups is 5. The van der Waals surface area contributed by atoms with Gasteiger partial charge in [-0.1, -0.05) is 54.9 Å². The maximum absolute atomic E-state index is 15.6. The number of aromatic amines is 1. The van der Waals surface area contributed by atoms with E-state index in [9.17, 15) is 40.5 Å². The molecule has 3 spiro atoms. The number of nitrogens with one attached hydrogen (secondary N) is 3. The number of aliphatic hydroxyl groups excluding tert-OH is 4. The van der Waals surface area contributed by atoms with E-state index >= 15 is 4.79 Å². The molecule has 10 heterocycles. The molecule has 0 unspecified atom stereocenters. The number of nitrogens with zero attached hydrogens (tertiary/aromatic N) is 1. The highest BCUT2D eigenvalue weighted by molar-refractivity contribution is 5.94. The van der Waals surface area contributed by atoms with Crippen molar-refractivity contribution in [2.24, 2.45) is 40.4 Å². The van der Waals surface area contributed by atoms with E-state index in [2.05, 4.69) is 57.6 Å². The second kappa shape index (κ2) is 18.2. The Morgan fingerprint density at radius 3 is 2.61 bits per heavy atom. The zero-order chi connectivity index (χ0) is 57.7. The van der Waals surface area contributed by atoms with Crippen LogP contribution in [0.3, 0.4) is 0 Å². The fourth-order valence-corrected chi connectivity index (χ4v) is 19.5. The summed E-state index contributed by atoms with van der Waals surface area (Å²) in [5.74, 6) is -0.322. The van der Waals surface area contributed by atoms with Gasteiger partial charge in [-0.05, 0) is 154 Å². The molecule has 3 aromatic carbocycles. The molecule has 4 fully saturated rings. The minimum atomic E-state index is -2.62. The molecule has 2 saturated heterocycles. The Bertz CT molecular complexity index is 4020. The maximum atomic E-state index is 15.6. The Kier molecular flexibility index (Phi) is 11.5. The van der Waals surface area contributed by atoms with Gasteiger partial charge in [0.2, 0.25) is 5.91 Å². The number of amides is 1. The molecular weight excluding hydrogens is 1070 g/mol. The second-order valence-corrected chi connectivity index (χ2v) is 26.5. The number of hydrogen-bond donors (Lipinski definition) is 10. The number of rotatable bonds is 9. The largest absolute Gasteiger partial charge is 0.508 e. The number of aromatic nitrogens is 2. The van der Waals surface area contributed by atoms with E-state index in [0.29, 0.717) is 63.0 Å². The third-order valence-corrected chi connectivity index (χ3v) is 23.1. The zero-order valence-electron chi connectivity index (χ0n) is 47.4. The van der Waals surface area contributed by atoms with E-state index in [4.69, 9.17) is 18.9 Å². The number of carbonyl (C=O) groups is 1. The van der Waals surface area contributed by atoms with Crippen molar-refractivity contribution in [1.82, 2.24) is 20.2 Å². The monoisotopic (exact) mass is 1140 g/mol. The van der Waals surface area contributed by atoms with Crippen molar-refractivity contribution in [2.75, 3.05) is 20.2 Å². The van der Waals surface area contributed by atoms with Crippen molar-refractivity contribution in [1.29, 1.82) is 0 Å². The number of ether oxygens (including phenoxy) is 1. The Hall–Kier alpha value is -6.54. The number of benzene rings is 3. The van der Waals surface area contributed by atoms with Crippen molar-refractivity contribution in [3.63, 3.8) is 0 Å². The lowest BCUT2D eigenvalue weighted by Gasteiger charge is -2.62. The molecule has 17 nitrogen and oxygen atoms in total. The van der Waals surface area contributed by atoms with Crippen LogP contribution in [0.2, 0.25) is 0 Å². The van der Waals surface area contributed by atoms with Crippen LogP contribution in [0, 0.1) is 47.3 Å². The third kappa shape index (κ3) is 6.78. The van der Waals surface area contributed by atoms with Crippen LogP contribution in [0.15, 0.2) is 111 Å². The summed E-state index contributed by atoms with van der Waals surface area (Å²) >= 11 is 0. The quantitative estimate of drug-likeness (QED) is 0.0512. The summed E-state index contributed by atoms with van der Waals surface area (Å²) in [5, 5.41) is 91.8. The highest BCUT2D eigenvalue weighted by atomic mass is 17.2. The summed E-state index contributed by atoms with van der Waals surface area (Å²) in [6.45, 7) is 3.44. The first-order valence-electron chi connectivity index (χ1n) is 30.5. The first-order valence-corrected chi connectivity index (χ1v) is 30.5. The molecule has 15 bridgehead atoms.